The van der Waals surface area contributed by atoms with Crippen LogP contribution >= 0.6 is 0 Å². The van der Waals surface area contributed by atoms with Crippen molar-refractivity contribution >= 4 is 5.91 Å². The van der Waals surface area contributed by atoms with Crippen molar-refractivity contribution < 1.29 is 13.9 Å². The highest BCUT2D eigenvalue weighted by Crippen LogP contribution is 2.30. The Morgan fingerprint density at radius 2 is 2.08 bits per heavy atom. The van der Waals surface area contributed by atoms with Crippen LogP contribution in [0.2, 0.25) is 0 Å². The average Bonchev–Trinajstić information content (AvgIpc) is 3.10. The number of benzene rings is 1. The van der Waals surface area contributed by atoms with Crippen molar-refractivity contribution in [3.63, 3.8) is 0 Å². The fourth-order valence-electron chi connectivity index (χ4n) is 3.02. The molecule has 6 nitrogen and oxygen atoms in total. The zero-order valence-corrected chi connectivity index (χ0v) is 13.3. The van der Waals surface area contributed by atoms with Crippen molar-refractivity contribution in [1.82, 2.24) is 19.9 Å². The molecule has 1 saturated carbocycles. The second-order valence-corrected chi connectivity index (χ2v) is 6.44. The van der Waals surface area contributed by atoms with Crippen LogP contribution in [0.25, 0.3) is 5.69 Å². The Hall–Kier alpha value is -2.28. The van der Waals surface area contributed by atoms with Crippen LogP contribution < -0.4 is 0 Å². The van der Waals surface area contributed by atoms with Crippen molar-refractivity contribution in [2.45, 2.75) is 25.3 Å². The number of hydrogen-bond acceptors (Lipinski definition) is 4. The number of halogens is 1. The lowest BCUT2D eigenvalue weighted by atomic mass is 10.1. The van der Waals surface area contributed by atoms with Gasteiger partial charge in [-0.3, -0.25) is 4.79 Å². The van der Waals surface area contributed by atoms with E-state index in [4.69, 9.17) is 4.74 Å². The molecule has 4 rings (SSSR count). The van der Waals surface area contributed by atoms with E-state index in [1.807, 2.05) is 4.90 Å². The summed E-state index contributed by atoms with van der Waals surface area (Å²) >= 11 is 0. The van der Waals surface area contributed by atoms with Gasteiger partial charge in [-0.05, 0) is 43.5 Å². The number of aromatic nitrogens is 3. The minimum Gasteiger partial charge on any atom is -0.381 e. The standard InChI is InChI=1S/C17H19FN4O2/c18-13-1-3-15(4-2-13)22-10-16(19-20-22)17(23)21(14-5-6-14)9-12-7-8-24-11-12/h1-4,10,12,14H,5-9,11H2. The monoisotopic (exact) mass is 330 g/mol. The van der Waals surface area contributed by atoms with Gasteiger partial charge in [0.2, 0.25) is 0 Å². The van der Waals surface area contributed by atoms with Crippen LogP contribution in [0.3, 0.4) is 0 Å². The number of hydrogen-bond donors (Lipinski definition) is 0. The SMILES string of the molecule is O=C(c1cn(-c2ccc(F)cc2)nn1)N(CC1CCOC1)C1CC1. The quantitative estimate of drug-likeness (QED) is 0.842. The van der Waals surface area contributed by atoms with Crippen LogP contribution in [0.4, 0.5) is 4.39 Å². The van der Waals surface area contributed by atoms with E-state index in [0.29, 0.717) is 29.9 Å². The Kier molecular flexibility index (Phi) is 4.02. The summed E-state index contributed by atoms with van der Waals surface area (Å²) in [5.41, 5.74) is 0.996. The summed E-state index contributed by atoms with van der Waals surface area (Å²) in [6.07, 6.45) is 4.70. The highest BCUT2D eigenvalue weighted by molar-refractivity contribution is 5.92. The molecular formula is C17H19FN4O2. The van der Waals surface area contributed by atoms with Gasteiger partial charge in [0.05, 0.1) is 18.5 Å². The molecule has 1 aliphatic carbocycles. The van der Waals surface area contributed by atoms with Crippen molar-refractivity contribution in [3.8, 4) is 5.69 Å². The van der Waals surface area contributed by atoms with Crippen LogP contribution in [0.5, 0.6) is 0 Å². The largest absolute Gasteiger partial charge is 0.381 e. The number of rotatable bonds is 5. The average molecular weight is 330 g/mol. The molecule has 0 N–H and O–H groups in total. The molecule has 0 spiro atoms. The lowest BCUT2D eigenvalue weighted by molar-refractivity contribution is 0.0700. The lowest BCUT2D eigenvalue weighted by Gasteiger charge is -2.24. The van der Waals surface area contributed by atoms with E-state index in [1.165, 1.54) is 16.8 Å². The molecule has 2 fully saturated rings. The fraction of sp³-hybridized carbons (Fsp3) is 0.471. The van der Waals surface area contributed by atoms with Gasteiger partial charge in [-0.25, -0.2) is 9.07 Å². The van der Waals surface area contributed by atoms with Crippen molar-refractivity contribution in [1.29, 1.82) is 0 Å². The van der Waals surface area contributed by atoms with E-state index in [1.54, 1.807) is 18.3 Å². The summed E-state index contributed by atoms with van der Waals surface area (Å²) in [4.78, 5) is 14.7. The minimum absolute atomic E-state index is 0.0854. The molecule has 2 aliphatic rings. The third-order valence-corrected chi connectivity index (χ3v) is 4.53. The summed E-state index contributed by atoms with van der Waals surface area (Å²) in [6.45, 7) is 2.21. The minimum atomic E-state index is -0.311. The third kappa shape index (κ3) is 3.17. The first kappa shape index (κ1) is 15.3. The highest BCUT2D eigenvalue weighted by atomic mass is 19.1. The lowest BCUT2D eigenvalue weighted by Crippen LogP contribution is -2.37. The van der Waals surface area contributed by atoms with Gasteiger partial charge in [-0.15, -0.1) is 5.10 Å². The van der Waals surface area contributed by atoms with Gasteiger partial charge in [-0.2, -0.15) is 0 Å². The van der Waals surface area contributed by atoms with E-state index in [-0.39, 0.29) is 11.7 Å². The van der Waals surface area contributed by atoms with Gasteiger partial charge in [0.15, 0.2) is 5.69 Å². The molecule has 1 amide bonds. The molecule has 1 aromatic heterocycles. The van der Waals surface area contributed by atoms with Gasteiger partial charge >= 0.3 is 0 Å². The normalized spacial score (nSPS) is 20.3. The summed E-state index contributed by atoms with van der Waals surface area (Å²) in [7, 11) is 0. The van der Waals surface area contributed by atoms with Gasteiger partial charge in [-0.1, -0.05) is 5.21 Å². The van der Waals surface area contributed by atoms with Gasteiger partial charge in [0, 0.05) is 25.1 Å². The Morgan fingerprint density at radius 3 is 2.75 bits per heavy atom. The Labute approximate surface area is 139 Å². The molecule has 0 bridgehead atoms. The molecule has 1 aromatic carbocycles. The van der Waals surface area contributed by atoms with E-state index >= 15 is 0 Å². The van der Waals surface area contributed by atoms with Crippen molar-refractivity contribution in [3.05, 3.63) is 42.0 Å². The molecule has 1 saturated heterocycles. The smallest absolute Gasteiger partial charge is 0.276 e. The molecule has 24 heavy (non-hydrogen) atoms. The van der Waals surface area contributed by atoms with Crippen LogP contribution in [-0.4, -0.2) is 51.6 Å². The molecule has 0 radical (unpaired) electrons. The molecule has 126 valence electrons. The number of ether oxygens (including phenoxy) is 1. The third-order valence-electron chi connectivity index (χ3n) is 4.53. The van der Waals surface area contributed by atoms with Crippen LogP contribution in [0.15, 0.2) is 30.5 Å². The second kappa shape index (κ2) is 6.32. The van der Waals surface area contributed by atoms with Gasteiger partial charge < -0.3 is 9.64 Å². The first-order valence-corrected chi connectivity index (χ1v) is 8.28. The molecule has 2 heterocycles. The Morgan fingerprint density at radius 1 is 1.29 bits per heavy atom. The predicted octanol–water partition coefficient (Wildman–Crippen LogP) is 2.05. The van der Waals surface area contributed by atoms with E-state index < -0.39 is 0 Å². The van der Waals surface area contributed by atoms with Gasteiger partial charge in [0.1, 0.15) is 5.82 Å². The van der Waals surface area contributed by atoms with E-state index in [9.17, 15) is 9.18 Å². The highest BCUT2D eigenvalue weighted by Gasteiger charge is 2.36. The molecule has 1 unspecified atom stereocenters. The van der Waals surface area contributed by atoms with Crippen LogP contribution in [0, 0.1) is 11.7 Å². The summed E-state index contributed by atoms with van der Waals surface area (Å²) in [5, 5.41) is 8.02. The maximum atomic E-state index is 13.0. The predicted molar refractivity (Wildman–Crippen MR) is 84.3 cm³/mol. The molecule has 2 aromatic rings. The number of amides is 1. The van der Waals surface area contributed by atoms with E-state index in [2.05, 4.69) is 10.3 Å². The maximum absolute atomic E-state index is 13.0. The molecule has 7 heteroatoms. The fourth-order valence-corrected chi connectivity index (χ4v) is 3.02. The molecule has 1 atom stereocenters. The van der Waals surface area contributed by atoms with Crippen molar-refractivity contribution in [2.24, 2.45) is 5.92 Å². The maximum Gasteiger partial charge on any atom is 0.276 e. The Balaban J connectivity index is 1.51. The first-order valence-electron chi connectivity index (χ1n) is 8.28. The van der Waals surface area contributed by atoms with Crippen molar-refractivity contribution in [2.75, 3.05) is 19.8 Å². The summed E-state index contributed by atoms with van der Waals surface area (Å²) in [5.74, 6) is 0.00770. The number of nitrogens with zero attached hydrogens (tertiary/aromatic N) is 4. The van der Waals surface area contributed by atoms with Crippen LogP contribution in [0.1, 0.15) is 29.8 Å². The molecular weight excluding hydrogens is 311 g/mol. The zero-order chi connectivity index (χ0) is 16.5. The number of carbonyl (C=O) groups is 1. The summed E-state index contributed by atoms with van der Waals surface area (Å²) < 4.78 is 19.9. The molecule has 1 aliphatic heterocycles. The summed E-state index contributed by atoms with van der Waals surface area (Å²) in [6, 6.07) is 6.23. The second-order valence-electron chi connectivity index (χ2n) is 6.44. The Bertz CT molecular complexity index is 720. The number of carbonyl (C=O) groups excluding carboxylic acids is 1. The topological polar surface area (TPSA) is 60.2 Å². The van der Waals surface area contributed by atoms with Crippen LogP contribution in [-0.2, 0) is 4.74 Å². The first-order chi connectivity index (χ1) is 11.7. The zero-order valence-electron chi connectivity index (χ0n) is 13.3. The van der Waals surface area contributed by atoms with E-state index in [0.717, 1.165) is 32.5 Å². The van der Waals surface area contributed by atoms with Gasteiger partial charge in [0.25, 0.3) is 5.91 Å².